The Morgan fingerprint density at radius 3 is 2.80 bits per heavy atom. The van der Waals surface area contributed by atoms with Gasteiger partial charge in [-0.25, -0.2) is 0 Å². The number of rotatable bonds is 4. The summed E-state index contributed by atoms with van der Waals surface area (Å²) >= 11 is 6.11. The number of nitrogens with one attached hydrogen (secondary N) is 2. The van der Waals surface area contributed by atoms with Crippen molar-refractivity contribution in [1.82, 2.24) is 25.3 Å². The normalized spacial score (nSPS) is 18.1. The van der Waals surface area contributed by atoms with Gasteiger partial charge in [0.2, 0.25) is 11.8 Å². The van der Waals surface area contributed by atoms with Crippen LogP contribution in [0, 0.1) is 5.92 Å². The molecule has 1 aliphatic rings. The number of carbonyl (C=O) groups is 3. The number of amides is 3. The molecule has 0 unspecified atom stereocenters. The highest BCUT2D eigenvalue weighted by molar-refractivity contribution is 6.31. The van der Waals surface area contributed by atoms with Crippen molar-refractivity contribution in [3.63, 3.8) is 0 Å². The second kappa shape index (κ2) is 12.6. The summed E-state index contributed by atoms with van der Waals surface area (Å²) in [5.74, 6) is -0.103. The molecule has 190 valence electrons. The summed E-state index contributed by atoms with van der Waals surface area (Å²) in [6.07, 6.45) is 5.79. The molecule has 0 spiro atoms. The highest BCUT2D eigenvalue weighted by Gasteiger charge is 2.23. The molecule has 0 saturated carbocycles. The number of hydrogen-bond donors (Lipinski definition) is 2. The lowest BCUT2D eigenvalue weighted by Crippen LogP contribution is -2.48. The lowest BCUT2D eigenvalue weighted by atomic mass is 10.1. The molecule has 1 atom stereocenters. The number of hydrogen-bond acceptors (Lipinski definition) is 5. The van der Waals surface area contributed by atoms with Crippen LogP contribution in [0.3, 0.4) is 0 Å². The fourth-order valence-corrected chi connectivity index (χ4v) is 4.01. The van der Waals surface area contributed by atoms with Crippen molar-refractivity contribution < 1.29 is 19.1 Å². The molecular formula is C25H34ClN5O4. The summed E-state index contributed by atoms with van der Waals surface area (Å²) in [6.45, 7) is 4.99. The van der Waals surface area contributed by atoms with Gasteiger partial charge in [0.05, 0.1) is 24.3 Å². The van der Waals surface area contributed by atoms with Crippen molar-refractivity contribution in [2.75, 3.05) is 26.2 Å². The number of nitrogens with zero attached hydrogens (tertiary/aromatic N) is 3. The fourth-order valence-electron chi connectivity index (χ4n) is 3.84. The topological polar surface area (TPSA) is 106 Å². The van der Waals surface area contributed by atoms with Crippen LogP contribution in [0.4, 0.5) is 0 Å². The molecule has 1 aromatic heterocycles. The Kier molecular flexibility index (Phi) is 9.54. The van der Waals surface area contributed by atoms with Crippen LogP contribution in [0.25, 0.3) is 0 Å². The Hall–Kier alpha value is -3.07. The van der Waals surface area contributed by atoms with Gasteiger partial charge in [-0.15, -0.1) is 0 Å². The van der Waals surface area contributed by atoms with Crippen LogP contribution in [-0.4, -0.2) is 64.7 Å². The number of carbonyl (C=O) groups excluding carboxylic acids is 3. The quantitative estimate of drug-likeness (QED) is 0.667. The first-order valence-corrected chi connectivity index (χ1v) is 12.4. The number of fused-ring (bicyclic) bond motifs is 1. The van der Waals surface area contributed by atoms with E-state index >= 15 is 0 Å². The Balaban J connectivity index is 1.72. The second-order valence-corrected chi connectivity index (χ2v) is 9.61. The first-order chi connectivity index (χ1) is 16.7. The van der Waals surface area contributed by atoms with Gasteiger partial charge in [-0.1, -0.05) is 25.4 Å². The zero-order valence-corrected chi connectivity index (χ0v) is 21.3. The van der Waals surface area contributed by atoms with E-state index in [1.807, 2.05) is 27.1 Å². The summed E-state index contributed by atoms with van der Waals surface area (Å²) < 4.78 is 7.65. The van der Waals surface area contributed by atoms with Crippen molar-refractivity contribution in [2.24, 2.45) is 13.0 Å². The van der Waals surface area contributed by atoms with Gasteiger partial charge < -0.3 is 20.3 Å². The molecule has 1 aromatic carbocycles. The van der Waals surface area contributed by atoms with Crippen molar-refractivity contribution in [3.8, 4) is 5.75 Å². The number of halogens is 1. The third-order valence-corrected chi connectivity index (χ3v) is 6.20. The lowest BCUT2D eigenvalue weighted by molar-refractivity contribution is -0.136. The van der Waals surface area contributed by atoms with Crippen molar-refractivity contribution in [3.05, 3.63) is 46.7 Å². The van der Waals surface area contributed by atoms with E-state index in [2.05, 4.69) is 15.7 Å². The molecule has 9 nitrogen and oxygen atoms in total. The summed E-state index contributed by atoms with van der Waals surface area (Å²) in [4.78, 5) is 40.3. The number of aryl methyl sites for hydroxylation is 2. The maximum Gasteiger partial charge on any atom is 0.255 e. The zero-order chi connectivity index (χ0) is 25.4. The molecule has 35 heavy (non-hydrogen) atoms. The van der Waals surface area contributed by atoms with Crippen LogP contribution < -0.4 is 15.4 Å². The van der Waals surface area contributed by atoms with E-state index in [9.17, 15) is 14.4 Å². The fraction of sp³-hybridized carbons (Fsp3) is 0.520. The summed E-state index contributed by atoms with van der Waals surface area (Å²) in [5.41, 5.74) is 1.33. The monoisotopic (exact) mass is 503 g/mol. The van der Waals surface area contributed by atoms with Gasteiger partial charge in [0.25, 0.3) is 5.91 Å². The van der Waals surface area contributed by atoms with E-state index in [4.69, 9.17) is 16.3 Å². The van der Waals surface area contributed by atoms with Gasteiger partial charge in [0.1, 0.15) is 12.4 Å². The van der Waals surface area contributed by atoms with Gasteiger partial charge in [-0.05, 0) is 48.9 Å². The van der Waals surface area contributed by atoms with Crippen molar-refractivity contribution in [2.45, 2.75) is 45.6 Å². The van der Waals surface area contributed by atoms with Crippen LogP contribution in [0.15, 0.2) is 30.6 Å². The molecule has 10 heteroatoms. The average molecular weight is 504 g/mol. The summed E-state index contributed by atoms with van der Waals surface area (Å²) in [5, 5.41) is 10.5. The molecule has 0 fully saturated rings. The Bertz CT molecular complexity index is 1040. The minimum atomic E-state index is -0.299. The molecule has 2 heterocycles. The average Bonchev–Trinajstić information content (AvgIpc) is 3.23. The Morgan fingerprint density at radius 2 is 2.09 bits per heavy atom. The minimum Gasteiger partial charge on any atom is -0.491 e. The predicted molar refractivity (Wildman–Crippen MR) is 133 cm³/mol. The predicted octanol–water partition coefficient (Wildman–Crippen LogP) is 2.58. The van der Waals surface area contributed by atoms with Crippen LogP contribution in [0.1, 0.15) is 49.0 Å². The second-order valence-electron chi connectivity index (χ2n) is 9.17. The highest BCUT2D eigenvalue weighted by atomic mass is 35.5. The smallest absolute Gasteiger partial charge is 0.255 e. The van der Waals surface area contributed by atoms with Crippen molar-refractivity contribution >= 4 is 29.3 Å². The SMILES string of the molecule is CC(C)[C@H]1COc2ccc(Cl)cc2C(=O)NCCCCN(C(=O)CCc2cnn(C)c2)CC(=O)N1. The molecule has 3 rings (SSSR count). The molecule has 0 radical (unpaired) electrons. The molecule has 3 amide bonds. The van der Waals surface area contributed by atoms with E-state index in [-0.39, 0.29) is 42.8 Å². The van der Waals surface area contributed by atoms with Crippen LogP contribution in [-0.2, 0) is 23.1 Å². The van der Waals surface area contributed by atoms with Crippen molar-refractivity contribution in [1.29, 1.82) is 0 Å². The van der Waals surface area contributed by atoms with E-state index in [1.165, 1.54) is 0 Å². The molecule has 0 bridgehead atoms. The standard InChI is InChI=1S/C25H34ClN5O4/c1-17(2)21-16-35-22-8-7-19(26)12-20(22)25(34)27-10-4-5-11-31(15-23(32)29-21)24(33)9-6-18-13-28-30(3)14-18/h7-8,12-14,17,21H,4-6,9-11,15-16H2,1-3H3,(H,27,34)(H,29,32)/t21-/m1/s1. The van der Waals surface area contributed by atoms with Gasteiger partial charge in [0.15, 0.2) is 0 Å². The van der Waals surface area contributed by atoms with Gasteiger partial charge in [-0.3, -0.25) is 19.1 Å². The molecule has 0 aliphatic carbocycles. The first-order valence-electron chi connectivity index (χ1n) is 12.0. The molecular weight excluding hydrogens is 470 g/mol. The third kappa shape index (κ3) is 7.99. The van der Waals surface area contributed by atoms with E-state index in [0.717, 1.165) is 5.56 Å². The zero-order valence-electron chi connectivity index (χ0n) is 20.6. The molecule has 2 N–H and O–H groups in total. The number of aromatic nitrogens is 2. The maximum atomic E-state index is 13.0. The van der Waals surface area contributed by atoms with Crippen LogP contribution in [0.2, 0.25) is 5.02 Å². The summed E-state index contributed by atoms with van der Waals surface area (Å²) in [7, 11) is 1.83. The molecule has 0 saturated heterocycles. The highest BCUT2D eigenvalue weighted by Crippen LogP contribution is 2.24. The van der Waals surface area contributed by atoms with Crippen LogP contribution >= 0.6 is 11.6 Å². The minimum absolute atomic E-state index is 0.0202. The van der Waals surface area contributed by atoms with Crippen LogP contribution in [0.5, 0.6) is 5.75 Å². The molecule has 1 aliphatic heterocycles. The largest absolute Gasteiger partial charge is 0.491 e. The van der Waals surface area contributed by atoms with E-state index in [1.54, 1.807) is 34.0 Å². The van der Waals surface area contributed by atoms with Gasteiger partial charge >= 0.3 is 0 Å². The maximum absolute atomic E-state index is 13.0. The third-order valence-electron chi connectivity index (χ3n) is 5.97. The van der Waals surface area contributed by atoms with Gasteiger partial charge in [-0.2, -0.15) is 5.10 Å². The van der Waals surface area contributed by atoms with Gasteiger partial charge in [0, 0.05) is 37.8 Å². The number of ether oxygens (including phenoxy) is 1. The molecule has 2 aromatic rings. The number of benzene rings is 1. The summed E-state index contributed by atoms with van der Waals surface area (Å²) in [6, 6.07) is 4.61. The van der Waals surface area contributed by atoms with E-state index < -0.39 is 0 Å². The first kappa shape index (κ1) is 26.5. The van der Waals surface area contributed by atoms with E-state index in [0.29, 0.717) is 55.1 Å². The Labute approximate surface area is 211 Å². The lowest BCUT2D eigenvalue weighted by Gasteiger charge is -2.26. The Morgan fingerprint density at radius 1 is 1.29 bits per heavy atom.